The summed E-state index contributed by atoms with van der Waals surface area (Å²) in [5.41, 5.74) is 4.96. The van der Waals surface area contributed by atoms with Gasteiger partial charge in [0.15, 0.2) is 0 Å². The monoisotopic (exact) mass is 400 g/mol. The summed E-state index contributed by atoms with van der Waals surface area (Å²) in [6.45, 7) is 5.95. The number of pyridine rings is 2. The Morgan fingerprint density at radius 2 is 1.97 bits per heavy atom. The van der Waals surface area contributed by atoms with Crippen LogP contribution in [0.3, 0.4) is 0 Å². The molecule has 0 aliphatic heterocycles. The van der Waals surface area contributed by atoms with Crippen LogP contribution in [0.4, 0.5) is 0 Å². The van der Waals surface area contributed by atoms with Gasteiger partial charge in [0.25, 0.3) is 5.56 Å². The van der Waals surface area contributed by atoms with E-state index in [-0.39, 0.29) is 5.56 Å². The lowest BCUT2D eigenvalue weighted by Gasteiger charge is -2.10. The van der Waals surface area contributed by atoms with Crippen molar-refractivity contribution >= 4 is 16.6 Å². The second-order valence-corrected chi connectivity index (χ2v) is 8.11. The van der Waals surface area contributed by atoms with E-state index in [1.165, 1.54) is 5.56 Å². The molecule has 0 amide bonds. The number of unbranched alkanes of at least 4 members (excludes halogenated alkanes) is 1. The van der Waals surface area contributed by atoms with Crippen LogP contribution in [0, 0.1) is 0 Å². The molecular formula is C25H28N4O. The third-order valence-corrected chi connectivity index (χ3v) is 5.48. The second-order valence-electron chi connectivity index (χ2n) is 8.11. The maximum absolute atomic E-state index is 13.1. The molecule has 0 saturated heterocycles. The molecule has 0 spiro atoms. The summed E-state index contributed by atoms with van der Waals surface area (Å²) in [5.74, 6) is 0.378. The van der Waals surface area contributed by atoms with Gasteiger partial charge in [-0.2, -0.15) is 0 Å². The molecule has 0 fully saturated rings. The average Bonchev–Trinajstić information content (AvgIpc) is 2.77. The summed E-state index contributed by atoms with van der Waals surface area (Å²) < 4.78 is 1.67. The molecule has 1 aromatic carbocycles. The van der Waals surface area contributed by atoms with E-state index < -0.39 is 0 Å². The lowest BCUT2D eigenvalue weighted by molar-refractivity contribution is 0.621. The normalized spacial score (nSPS) is 11.6. The largest absolute Gasteiger partial charge is 0.313 e. The van der Waals surface area contributed by atoms with Crippen LogP contribution in [0.15, 0.2) is 65.8 Å². The molecule has 0 atom stereocenters. The van der Waals surface area contributed by atoms with Gasteiger partial charge in [0, 0.05) is 25.1 Å². The van der Waals surface area contributed by atoms with Crippen molar-refractivity contribution in [3.8, 4) is 0 Å². The highest BCUT2D eigenvalue weighted by molar-refractivity contribution is 5.80. The lowest BCUT2D eigenvalue weighted by Crippen LogP contribution is -2.19. The molecule has 5 nitrogen and oxygen atoms in total. The van der Waals surface area contributed by atoms with Gasteiger partial charge >= 0.3 is 0 Å². The molecule has 4 rings (SSSR count). The van der Waals surface area contributed by atoms with Crippen molar-refractivity contribution in [3.63, 3.8) is 0 Å². The molecule has 3 aromatic heterocycles. The van der Waals surface area contributed by atoms with E-state index >= 15 is 0 Å². The smallest absolute Gasteiger partial charge is 0.265 e. The Morgan fingerprint density at radius 3 is 2.77 bits per heavy atom. The molecule has 154 valence electrons. The SMILES string of the molecule is CC(C)c1ccc2nc3ccc(CNCCCCc4cccnc4)cn3c(=O)c2c1. The first-order valence-electron chi connectivity index (χ1n) is 10.7. The first-order valence-corrected chi connectivity index (χ1v) is 10.7. The molecule has 1 N–H and O–H groups in total. The summed E-state index contributed by atoms with van der Waals surface area (Å²) in [7, 11) is 0. The molecule has 30 heavy (non-hydrogen) atoms. The molecule has 0 aliphatic carbocycles. The van der Waals surface area contributed by atoms with Crippen LogP contribution in [0.25, 0.3) is 16.6 Å². The molecule has 0 radical (unpaired) electrons. The topological polar surface area (TPSA) is 59.3 Å². The van der Waals surface area contributed by atoms with Gasteiger partial charge in [-0.1, -0.05) is 32.0 Å². The molecule has 0 aliphatic rings. The van der Waals surface area contributed by atoms with Gasteiger partial charge in [-0.25, -0.2) is 4.98 Å². The molecule has 4 aromatic rings. The Balaban J connectivity index is 1.41. The molecule has 0 unspecified atom stereocenters. The van der Waals surface area contributed by atoms with Crippen molar-refractivity contribution < 1.29 is 0 Å². The van der Waals surface area contributed by atoms with Crippen LogP contribution in [0.5, 0.6) is 0 Å². The van der Waals surface area contributed by atoms with Crippen molar-refractivity contribution in [2.24, 2.45) is 0 Å². The number of aryl methyl sites for hydroxylation is 1. The van der Waals surface area contributed by atoms with Crippen LogP contribution < -0.4 is 10.9 Å². The van der Waals surface area contributed by atoms with Crippen LogP contribution in [0.2, 0.25) is 0 Å². The van der Waals surface area contributed by atoms with Crippen LogP contribution >= 0.6 is 0 Å². The first kappa shape index (κ1) is 20.2. The van der Waals surface area contributed by atoms with Gasteiger partial charge in [-0.15, -0.1) is 0 Å². The molecule has 0 saturated carbocycles. The van der Waals surface area contributed by atoms with Crippen LogP contribution in [-0.2, 0) is 13.0 Å². The van der Waals surface area contributed by atoms with E-state index in [1.807, 2.05) is 48.9 Å². The quantitative estimate of drug-likeness (QED) is 0.350. The number of benzene rings is 1. The number of rotatable bonds is 8. The summed E-state index contributed by atoms with van der Waals surface area (Å²) in [5, 5.41) is 4.16. The zero-order chi connectivity index (χ0) is 20.9. The zero-order valence-electron chi connectivity index (χ0n) is 17.6. The minimum absolute atomic E-state index is 0.00387. The number of hydrogen-bond acceptors (Lipinski definition) is 4. The Hall–Kier alpha value is -3.05. The second kappa shape index (κ2) is 9.18. The molecular weight excluding hydrogens is 372 g/mol. The fraction of sp³-hybridized carbons (Fsp3) is 0.320. The first-order chi connectivity index (χ1) is 14.6. The fourth-order valence-electron chi connectivity index (χ4n) is 3.69. The predicted molar refractivity (Wildman–Crippen MR) is 122 cm³/mol. The molecule has 5 heteroatoms. The van der Waals surface area contributed by atoms with Crippen molar-refractivity contribution in [3.05, 3.63) is 88.1 Å². The lowest BCUT2D eigenvalue weighted by atomic mass is 10.0. The van der Waals surface area contributed by atoms with Crippen molar-refractivity contribution in [1.29, 1.82) is 0 Å². The highest BCUT2D eigenvalue weighted by Crippen LogP contribution is 2.19. The molecule has 3 heterocycles. The highest BCUT2D eigenvalue weighted by Gasteiger charge is 2.08. The van der Waals surface area contributed by atoms with Gasteiger partial charge in [0.1, 0.15) is 5.65 Å². The van der Waals surface area contributed by atoms with Crippen LogP contribution in [-0.4, -0.2) is 20.9 Å². The third kappa shape index (κ3) is 4.57. The Kier molecular flexibility index (Phi) is 6.19. The van der Waals surface area contributed by atoms with Gasteiger partial charge < -0.3 is 5.32 Å². The zero-order valence-corrected chi connectivity index (χ0v) is 17.6. The van der Waals surface area contributed by atoms with E-state index in [0.717, 1.165) is 49.0 Å². The van der Waals surface area contributed by atoms with Crippen molar-refractivity contribution in [2.75, 3.05) is 6.54 Å². The fourth-order valence-corrected chi connectivity index (χ4v) is 3.69. The number of fused-ring (bicyclic) bond motifs is 2. The number of nitrogens with one attached hydrogen (secondary N) is 1. The summed E-state index contributed by atoms with van der Waals surface area (Å²) in [4.78, 5) is 21.9. The van der Waals surface area contributed by atoms with Crippen molar-refractivity contribution in [2.45, 2.75) is 45.6 Å². The van der Waals surface area contributed by atoms with E-state index in [2.05, 4.69) is 41.3 Å². The van der Waals surface area contributed by atoms with Gasteiger partial charge in [0.05, 0.1) is 10.9 Å². The van der Waals surface area contributed by atoms with Crippen LogP contribution in [0.1, 0.15) is 49.3 Å². The number of aromatic nitrogens is 3. The predicted octanol–water partition coefficient (Wildman–Crippen LogP) is 4.48. The summed E-state index contributed by atoms with van der Waals surface area (Å²) >= 11 is 0. The highest BCUT2D eigenvalue weighted by atomic mass is 16.1. The van der Waals surface area contributed by atoms with E-state index in [0.29, 0.717) is 17.0 Å². The minimum Gasteiger partial charge on any atom is -0.313 e. The van der Waals surface area contributed by atoms with Gasteiger partial charge in [-0.05, 0) is 72.7 Å². The van der Waals surface area contributed by atoms with E-state index in [1.54, 1.807) is 4.40 Å². The summed E-state index contributed by atoms with van der Waals surface area (Å²) in [6.07, 6.45) is 8.94. The van der Waals surface area contributed by atoms with Gasteiger partial charge in [0.2, 0.25) is 0 Å². The standard InChI is InChI=1S/C25H28N4O/c1-18(2)21-9-10-23-22(14-21)25(30)29-17-20(8-11-24(29)28-23)16-26-12-4-3-6-19-7-5-13-27-15-19/h5,7-11,13-15,17-18,26H,3-4,6,12,16H2,1-2H3. The van der Waals surface area contributed by atoms with Gasteiger partial charge in [-0.3, -0.25) is 14.2 Å². The molecule has 0 bridgehead atoms. The third-order valence-electron chi connectivity index (χ3n) is 5.48. The Morgan fingerprint density at radius 1 is 1.07 bits per heavy atom. The van der Waals surface area contributed by atoms with E-state index in [9.17, 15) is 4.79 Å². The summed E-state index contributed by atoms with van der Waals surface area (Å²) in [6, 6.07) is 14.1. The number of hydrogen-bond donors (Lipinski definition) is 1. The minimum atomic E-state index is -0.00387. The maximum atomic E-state index is 13.1. The number of nitrogens with zero attached hydrogens (tertiary/aromatic N) is 3. The maximum Gasteiger partial charge on any atom is 0.265 e. The van der Waals surface area contributed by atoms with Crippen molar-refractivity contribution in [1.82, 2.24) is 19.7 Å². The Bertz CT molecular complexity index is 1200. The Labute approximate surface area is 176 Å². The average molecular weight is 401 g/mol. The van der Waals surface area contributed by atoms with E-state index in [4.69, 9.17) is 0 Å².